The Morgan fingerprint density at radius 2 is 2.06 bits per heavy atom. The monoisotopic (exact) mass is 260 g/mol. The predicted molar refractivity (Wildman–Crippen MR) is 67.2 cm³/mol. The highest BCUT2D eigenvalue weighted by Gasteiger charge is 2.21. The molecule has 0 aliphatic carbocycles. The van der Waals surface area contributed by atoms with Crippen LogP contribution >= 0.6 is 0 Å². The number of furan rings is 1. The first-order valence-electron chi connectivity index (χ1n) is 5.42. The van der Waals surface area contributed by atoms with Crippen molar-refractivity contribution < 1.29 is 12.8 Å². The molecule has 1 aromatic rings. The van der Waals surface area contributed by atoms with Gasteiger partial charge < -0.3 is 9.73 Å². The Morgan fingerprint density at radius 1 is 1.41 bits per heavy atom. The van der Waals surface area contributed by atoms with Crippen LogP contribution in [-0.4, -0.2) is 26.8 Å². The summed E-state index contributed by atoms with van der Waals surface area (Å²) in [5.41, 5.74) is 0.569. The second-order valence-electron chi connectivity index (χ2n) is 4.89. The highest BCUT2D eigenvalue weighted by Crippen LogP contribution is 2.09. The van der Waals surface area contributed by atoms with Crippen LogP contribution in [0.25, 0.3) is 0 Å². The van der Waals surface area contributed by atoms with E-state index in [-0.39, 0.29) is 0 Å². The van der Waals surface area contributed by atoms with Gasteiger partial charge in [-0.15, -0.1) is 0 Å². The van der Waals surface area contributed by atoms with Gasteiger partial charge in [0.05, 0.1) is 19.1 Å². The van der Waals surface area contributed by atoms with E-state index in [1.165, 1.54) is 0 Å². The second-order valence-corrected chi connectivity index (χ2v) is 6.64. The minimum atomic E-state index is -3.19. The molecule has 0 spiro atoms. The lowest BCUT2D eigenvalue weighted by Crippen LogP contribution is -2.49. The first kappa shape index (κ1) is 14.2. The zero-order valence-electron chi connectivity index (χ0n) is 10.7. The topological polar surface area (TPSA) is 71.3 Å². The second kappa shape index (κ2) is 5.20. The third-order valence-corrected chi connectivity index (χ3v) is 3.21. The van der Waals surface area contributed by atoms with Crippen LogP contribution in [0.3, 0.4) is 0 Å². The van der Waals surface area contributed by atoms with Gasteiger partial charge in [-0.3, -0.25) is 0 Å². The van der Waals surface area contributed by atoms with Gasteiger partial charge in [0.25, 0.3) is 0 Å². The summed E-state index contributed by atoms with van der Waals surface area (Å²) < 4.78 is 30.1. The number of hydrogen-bond donors (Lipinski definition) is 2. The summed E-state index contributed by atoms with van der Waals surface area (Å²) in [5.74, 6) is 0.875. The lowest BCUT2D eigenvalue weighted by molar-refractivity contribution is 0.402. The van der Waals surface area contributed by atoms with E-state index in [9.17, 15) is 8.42 Å². The molecular formula is C11H20N2O3S. The Labute approximate surface area is 103 Å². The molecule has 0 fully saturated rings. The largest absolute Gasteiger partial charge is 0.468 e. The van der Waals surface area contributed by atoms with E-state index in [0.29, 0.717) is 13.1 Å². The molecule has 0 aliphatic heterocycles. The molecule has 5 nitrogen and oxygen atoms in total. The number of sulfonamides is 1. The number of hydrogen-bond acceptors (Lipinski definition) is 4. The van der Waals surface area contributed by atoms with E-state index < -0.39 is 15.6 Å². The van der Waals surface area contributed by atoms with E-state index in [4.69, 9.17) is 4.42 Å². The van der Waals surface area contributed by atoms with Gasteiger partial charge in [0.15, 0.2) is 0 Å². The van der Waals surface area contributed by atoms with Crippen molar-refractivity contribution in [1.29, 1.82) is 0 Å². The van der Waals surface area contributed by atoms with E-state index in [2.05, 4.69) is 10.0 Å². The predicted octanol–water partition coefficient (Wildman–Crippen LogP) is 1.01. The molecule has 1 heterocycles. The summed E-state index contributed by atoms with van der Waals surface area (Å²) in [6, 6.07) is 1.90. The lowest BCUT2D eigenvalue weighted by atomic mass is 10.1. The summed E-state index contributed by atoms with van der Waals surface area (Å²) in [7, 11) is -3.19. The highest BCUT2D eigenvalue weighted by molar-refractivity contribution is 7.88. The Balaban J connectivity index is 2.43. The van der Waals surface area contributed by atoms with Crippen molar-refractivity contribution in [2.75, 3.05) is 12.8 Å². The summed E-state index contributed by atoms with van der Waals surface area (Å²) in [6.07, 6.45) is 2.80. The van der Waals surface area contributed by atoms with Crippen molar-refractivity contribution in [3.63, 3.8) is 0 Å². The Kier molecular flexibility index (Phi) is 4.35. The SMILES string of the molecule is Cc1ccoc1CNCC(C)(C)NS(C)(=O)=O. The number of aryl methyl sites for hydroxylation is 1. The molecule has 0 aromatic carbocycles. The van der Waals surface area contributed by atoms with Crippen LogP contribution in [-0.2, 0) is 16.6 Å². The van der Waals surface area contributed by atoms with E-state index in [1.54, 1.807) is 6.26 Å². The summed E-state index contributed by atoms with van der Waals surface area (Å²) in [6.45, 7) is 6.75. The fourth-order valence-electron chi connectivity index (χ4n) is 1.61. The third-order valence-electron chi connectivity index (χ3n) is 2.28. The minimum absolute atomic E-state index is 0.520. The van der Waals surface area contributed by atoms with Gasteiger partial charge in [-0.25, -0.2) is 13.1 Å². The molecule has 1 rings (SSSR count). The van der Waals surface area contributed by atoms with Crippen molar-refractivity contribution >= 4 is 10.0 Å². The number of nitrogens with one attached hydrogen (secondary N) is 2. The molecule has 6 heteroatoms. The zero-order valence-corrected chi connectivity index (χ0v) is 11.5. The van der Waals surface area contributed by atoms with Gasteiger partial charge in [-0.1, -0.05) is 0 Å². The third kappa shape index (κ3) is 5.34. The first-order valence-corrected chi connectivity index (χ1v) is 7.31. The molecule has 0 aliphatic rings. The fourth-order valence-corrected chi connectivity index (χ4v) is 2.69. The maximum Gasteiger partial charge on any atom is 0.209 e. The van der Waals surface area contributed by atoms with E-state index in [1.807, 2.05) is 26.8 Å². The van der Waals surface area contributed by atoms with Crippen LogP contribution in [0.1, 0.15) is 25.2 Å². The summed E-state index contributed by atoms with van der Waals surface area (Å²) in [4.78, 5) is 0. The molecule has 0 radical (unpaired) electrons. The molecule has 0 atom stereocenters. The maximum atomic E-state index is 11.1. The molecule has 2 N–H and O–H groups in total. The summed E-state index contributed by atoms with van der Waals surface area (Å²) in [5, 5.41) is 3.17. The quantitative estimate of drug-likeness (QED) is 0.800. The molecule has 0 saturated carbocycles. The average molecular weight is 260 g/mol. The van der Waals surface area contributed by atoms with Crippen molar-refractivity contribution in [2.45, 2.75) is 32.9 Å². The van der Waals surface area contributed by atoms with E-state index >= 15 is 0 Å². The Morgan fingerprint density at radius 3 is 2.53 bits per heavy atom. The molecular weight excluding hydrogens is 240 g/mol. The van der Waals surface area contributed by atoms with E-state index in [0.717, 1.165) is 17.6 Å². The van der Waals surface area contributed by atoms with Gasteiger partial charge in [-0.2, -0.15) is 0 Å². The van der Waals surface area contributed by atoms with Crippen LogP contribution in [0, 0.1) is 6.92 Å². The normalized spacial score (nSPS) is 12.9. The average Bonchev–Trinajstić information content (AvgIpc) is 2.47. The van der Waals surface area contributed by atoms with Crippen LogP contribution in [0.4, 0.5) is 0 Å². The van der Waals surface area contributed by atoms with Crippen molar-refractivity contribution in [1.82, 2.24) is 10.0 Å². The number of rotatable bonds is 6. The van der Waals surface area contributed by atoms with Gasteiger partial charge in [0.1, 0.15) is 5.76 Å². The van der Waals surface area contributed by atoms with Crippen LogP contribution in [0.5, 0.6) is 0 Å². The molecule has 98 valence electrons. The minimum Gasteiger partial charge on any atom is -0.468 e. The molecule has 0 saturated heterocycles. The molecule has 0 bridgehead atoms. The molecule has 0 unspecified atom stereocenters. The van der Waals surface area contributed by atoms with Crippen LogP contribution in [0.15, 0.2) is 16.7 Å². The molecule has 1 aromatic heterocycles. The first-order chi connectivity index (χ1) is 7.70. The van der Waals surface area contributed by atoms with Crippen molar-refractivity contribution in [2.24, 2.45) is 0 Å². The van der Waals surface area contributed by atoms with Crippen LogP contribution < -0.4 is 10.0 Å². The Bertz CT molecular complexity index is 463. The summed E-state index contributed by atoms with van der Waals surface area (Å²) >= 11 is 0. The standard InChI is InChI=1S/C11H20N2O3S/c1-9-5-6-16-10(9)7-12-8-11(2,3)13-17(4,14)15/h5-6,12-13H,7-8H2,1-4H3. The van der Waals surface area contributed by atoms with Crippen molar-refractivity contribution in [3.8, 4) is 0 Å². The molecule has 17 heavy (non-hydrogen) atoms. The van der Waals surface area contributed by atoms with Gasteiger partial charge >= 0.3 is 0 Å². The van der Waals surface area contributed by atoms with Gasteiger partial charge in [0.2, 0.25) is 10.0 Å². The van der Waals surface area contributed by atoms with Gasteiger partial charge in [-0.05, 0) is 32.4 Å². The smallest absolute Gasteiger partial charge is 0.209 e. The van der Waals surface area contributed by atoms with Crippen molar-refractivity contribution in [3.05, 3.63) is 23.7 Å². The van der Waals surface area contributed by atoms with Crippen LogP contribution in [0.2, 0.25) is 0 Å². The maximum absolute atomic E-state index is 11.1. The fraction of sp³-hybridized carbons (Fsp3) is 0.636. The highest BCUT2D eigenvalue weighted by atomic mass is 32.2. The van der Waals surface area contributed by atoms with Gasteiger partial charge in [0, 0.05) is 12.1 Å². The molecule has 0 amide bonds. The zero-order chi connectivity index (χ0) is 13.1. The Hall–Kier alpha value is -0.850. The lowest BCUT2D eigenvalue weighted by Gasteiger charge is -2.25.